The Labute approximate surface area is 265 Å². The molecule has 3 heteroatoms. The molecule has 0 spiro atoms. The third-order valence-electron chi connectivity index (χ3n) is 9.12. The average Bonchev–Trinajstić information content (AvgIpc) is 3.42. The van der Waals surface area contributed by atoms with Crippen molar-refractivity contribution in [1.29, 1.82) is 0 Å². The van der Waals surface area contributed by atoms with E-state index in [1.54, 1.807) is 4.57 Å². The summed E-state index contributed by atoms with van der Waals surface area (Å²) in [6.07, 6.45) is 0. The number of para-hydroxylation sites is 3. The first-order valence-electron chi connectivity index (χ1n) is 15.6. The fraction of sp³-hybridized carbons (Fsp3) is 0. The van der Waals surface area contributed by atoms with Crippen molar-refractivity contribution < 1.29 is 0 Å². The second kappa shape index (κ2) is 10.5. The molecule has 0 N–H and O–H groups in total. The lowest BCUT2D eigenvalue weighted by Crippen LogP contribution is -2.22. The number of imidazole rings is 1. The minimum Gasteiger partial charge on any atom is -0.260 e. The summed E-state index contributed by atoms with van der Waals surface area (Å²) in [7, 11) is 0. The average molecular weight is 589 g/mol. The minimum absolute atomic E-state index is 0.0917. The number of hydrogen-bond acceptors (Lipinski definition) is 1. The summed E-state index contributed by atoms with van der Waals surface area (Å²) >= 11 is 0. The maximum atomic E-state index is 14.2. The molecule has 0 aliphatic heterocycles. The quantitative estimate of drug-likeness (QED) is 0.188. The zero-order valence-electron chi connectivity index (χ0n) is 25.0. The predicted octanol–water partition coefficient (Wildman–Crippen LogP) is 10.6. The molecule has 0 radical (unpaired) electrons. The molecule has 0 unspecified atom stereocenters. The third-order valence-corrected chi connectivity index (χ3v) is 9.12. The van der Waals surface area contributed by atoms with Crippen LogP contribution in [0.5, 0.6) is 0 Å². The maximum Gasteiger partial charge on any atom is 0.338 e. The van der Waals surface area contributed by atoms with Crippen LogP contribution in [0.4, 0.5) is 0 Å². The van der Waals surface area contributed by atoms with Crippen LogP contribution in [0.25, 0.3) is 77.0 Å². The fourth-order valence-electron chi connectivity index (χ4n) is 7.12. The smallest absolute Gasteiger partial charge is 0.260 e. The molecule has 0 fully saturated rings. The molecular formula is C43H28N2O. The topological polar surface area (TPSA) is 26.9 Å². The van der Waals surface area contributed by atoms with Crippen LogP contribution in [0.3, 0.4) is 0 Å². The maximum absolute atomic E-state index is 14.2. The number of rotatable bonds is 4. The van der Waals surface area contributed by atoms with E-state index in [4.69, 9.17) is 0 Å². The van der Waals surface area contributed by atoms with E-state index >= 15 is 0 Å². The van der Waals surface area contributed by atoms with Crippen LogP contribution in [0.2, 0.25) is 0 Å². The molecule has 46 heavy (non-hydrogen) atoms. The molecule has 0 aliphatic rings. The van der Waals surface area contributed by atoms with E-state index in [1.165, 1.54) is 43.4 Å². The highest BCUT2D eigenvalue weighted by atomic mass is 16.1. The molecule has 8 aromatic carbocycles. The Morgan fingerprint density at radius 3 is 1.46 bits per heavy atom. The summed E-state index contributed by atoms with van der Waals surface area (Å²) in [5.41, 5.74) is 8.00. The molecule has 0 saturated carbocycles. The molecule has 9 rings (SSSR count). The second-order valence-electron chi connectivity index (χ2n) is 11.7. The molecule has 216 valence electrons. The van der Waals surface area contributed by atoms with E-state index in [9.17, 15) is 4.79 Å². The van der Waals surface area contributed by atoms with E-state index < -0.39 is 0 Å². The van der Waals surface area contributed by atoms with E-state index in [1.807, 2.05) is 65.2 Å². The van der Waals surface area contributed by atoms with Crippen LogP contribution >= 0.6 is 0 Å². The number of nitrogens with zero attached hydrogens (tertiary/aromatic N) is 2. The molecule has 9 aromatic rings. The highest BCUT2D eigenvalue weighted by Crippen LogP contribution is 2.44. The van der Waals surface area contributed by atoms with E-state index in [-0.39, 0.29) is 5.69 Å². The standard InChI is InChI=1S/C43H28N2O/c46-43-44(33-16-2-1-3-17-33)39-23-10-11-24-40(39)45(43)34-18-12-15-31(28-34)41-35-19-6-8-21-37(35)42(38-22-9-7-20-36(38)41)32-26-25-29-13-4-5-14-30(29)27-32/h1-28H. The molecule has 0 amide bonds. The second-order valence-corrected chi connectivity index (χ2v) is 11.7. The first-order chi connectivity index (χ1) is 22.8. The van der Waals surface area contributed by atoms with Gasteiger partial charge in [-0.15, -0.1) is 0 Å². The van der Waals surface area contributed by atoms with Crippen molar-refractivity contribution in [2.75, 3.05) is 0 Å². The molecule has 1 aromatic heterocycles. The highest BCUT2D eigenvalue weighted by Gasteiger charge is 2.19. The number of aromatic nitrogens is 2. The SMILES string of the molecule is O=c1n(-c2ccccc2)c2ccccc2n1-c1cccc(-c2c3ccccc3c(-c3ccc4ccccc4c3)c3ccccc23)c1. The lowest BCUT2D eigenvalue weighted by Gasteiger charge is -2.18. The van der Waals surface area contributed by atoms with Gasteiger partial charge in [0.05, 0.1) is 22.4 Å². The van der Waals surface area contributed by atoms with E-state index in [0.29, 0.717) is 0 Å². The summed E-state index contributed by atoms with van der Waals surface area (Å²) in [5, 5.41) is 7.23. The number of hydrogen-bond donors (Lipinski definition) is 0. The first kappa shape index (κ1) is 26.2. The van der Waals surface area contributed by atoms with Gasteiger partial charge in [0, 0.05) is 0 Å². The lowest BCUT2D eigenvalue weighted by molar-refractivity contribution is 0.931. The third kappa shape index (κ3) is 4.03. The van der Waals surface area contributed by atoms with Crippen LogP contribution in [-0.2, 0) is 0 Å². The number of fused-ring (bicyclic) bond motifs is 4. The fourth-order valence-corrected chi connectivity index (χ4v) is 7.12. The van der Waals surface area contributed by atoms with Gasteiger partial charge in [-0.25, -0.2) is 4.79 Å². The van der Waals surface area contributed by atoms with Crippen LogP contribution in [0, 0.1) is 0 Å². The van der Waals surface area contributed by atoms with Gasteiger partial charge < -0.3 is 0 Å². The van der Waals surface area contributed by atoms with Gasteiger partial charge in [-0.1, -0.05) is 127 Å². The summed E-state index contributed by atoms with van der Waals surface area (Å²) in [6, 6.07) is 59.0. The van der Waals surface area contributed by atoms with Crippen LogP contribution < -0.4 is 5.69 Å². The summed E-state index contributed by atoms with van der Waals surface area (Å²) < 4.78 is 3.63. The monoisotopic (exact) mass is 588 g/mol. The Bertz CT molecular complexity index is 2610. The zero-order valence-corrected chi connectivity index (χ0v) is 25.0. The molecule has 3 nitrogen and oxygen atoms in total. The van der Waals surface area contributed by atoms with Crippen molar-refractivity contribution in [3.05, 3.63) is 180 Å². The Balaban J connectivity index is 1.31. The van der Waals surface area contributed by atoms with Gasteiger partial charge in [0.1, 0.15) is 0 Å². The Hall–Kier alpha value is -6.19. The van der Waals surface area contributed by atoms with Gasteiger partial charge in [-0.05, 0) is 97.0 Å². The molecule has 0 atom stereocenters. The molecule has 0 aliphatic carbocycles. The van der Waals surface area contributed by atoms with Crippen molar-refractivity contribution in [1.82, 2.24) is 9.13 Å². The Morgan fingerprint density at radius 1 is 0.348 bits per heavy atom. The molecule has 0 saturated heterocycles. The predicted molar refractivity (Wildman–Crippen MR) is 192 cm³/mol. The van der Waals surface area contributed by atoms with Crippen LogP contribution in [0.1, 0.15) is 0 Å². The minimum atomic E-state index is -0.0917. The summed E-state index contributed by atoms with van der Waals surface area (Å²) in [5.74, 6) is 0. The highest BCUT2D eigenvalue weighted by molar-refractivity contribution is 6.21. The molecule has 1 heterocycles. The van der Waals surface area contributed by atoms with Crippen LogP contribution in [0.15, 0.2) is 175 Å². The lowest BCUT2D eigenvalue weighted by atomic mass is 9.85. The van der Waals surface area contributed by atoms with Crippen molar-refractivity contribution in [3.8, 4) is 33.6 Å². The van der Waals surface area contributed by atoms with Gasteiger partial charge in [-0.3, -0.25) is 9.13 Å². The van der Waals surface area contributed by atoms with Gasteiger partial charge in [0.25, 0.3) is 0 Å². The largest absolute Gasteiger partial charge is 0.338 e. The summed E-state index contributed by atoms with van der Waals surface area (Å²) in [4.78, 5) is 14.2. The summed E-state index contributed by atoms with van der Waals surface area (Å²) in [6.45, 7) is 0. The van der Waals surface area contributed by atoms with E-state index in [0.717, 1.165) is 33.5 Å². The van der Waals surface area contributed by atoms with Crippen molar-refractivity contribution in [2.24, 2.45) is 0 Å². The van der Waals surface area contributed by atoms with Gasteiger partial charge in [0.15, 0.2) is 0 Å². The van der Waals surface area contributed by atoms with Crippen molar-refractivity contribution in [3.63, 3.8) is 0 Å². The van der Waals surface area contributed by atoms with Gasteiger partial charge >= 0.3 is 5.69 Å². The first-order valence-corrected chi connectivity index (χ1v) is 15.6. The Morgan fingerprint density at radius 2 is 0.826 bits per heavy atom. The number of benzene rings is 8. The van der Waals surface area contributed by atoms with Crippen LogP contribution in [-0.4, -0.2) is 9.13 Å². The normalized spacial score (nSPS) is 11.6. The zero-order chi connectivity index (χ0) is 30.6. The van der Waals surface area contributed by atoms with Crippen molar-refractivity contribution in [2.45, 2.75) is 0 Å². The van der Waals surface area contributed by atoms with Gasteiger partial charge in [0.2, 0.25) is 0 Å². The van der Waals surface area contributed by atoms with Crippen molar-refractivity contribution >= 4 is 43.4 Å². The van der Waals surface area contributed by atoms with Gasteiger partial charge in [-0.2, -0.15) is 0 Å². The molecule has 0 bridgehead atoms. The van der Waals surface area contributed by atoms with E-state index in [2.05, 4.69) is 109 Å². The molecular weight excluding hydrogens is 560 g/mol. The Kier molecular flexibility index (Phi) is 5.97.